The number of fused-ring (bicyclic) bond motifs is 3. The van der Waals surface area contributed by atoms with Gasteiger partial charge in [-0.2, -0.15) is 0 Å². The number of carboxylic acids is 1. The number of rotatable bonds is 2. The molecule has 0 aliphatic carbocycles. The number of imidazole rings is 2. The summed E-state index contributed by atoms with van der Waals surface area (Å²) >= 11 is 0. The number of aryl methyl sites for hydroxylation is 1. The van der Waals surface area contributed by atoms with Gasteiger partial charge in [0.2, 0.25) is 5.78 Å². The van der Waals surface area contributed by atoms with Crippen molar-refractivity contribution in [3.8, 4) is 0 Å². The molecule has 2 N–H and O–H groups in total. The van der Waals surface area contributed by atoms with E-state index in [1.54, 1.807) is 6.20 Å². The van der Waals surface area contributed by atoms with Gasteiger partial charge in [-0.1, -0.05) is 12.1 Å². The molecule has 0 amide bonds. The molecule has 0 unspecified atom stereocenters. The summed E-state index contributed by atoms with van der Waals surface area (Å²) in [4.78, 5) is 18.1. The first-order valence-electron chi connectivity index (χ1n) is 5.32. The van der Waals surface area contributed by atoms with Crippen molar-refractivity contribution in [2.45, 2.75) is 13.3 Å². The van der Waals surface area contributed by atoms with E-state index in [0.717, 1.165) is 16.6 Å². The van der Waals surface area contributed by atoms with Crippen molar-refractivity contribution in [2.75, 3.05) is 0 Å². The van der Waals surface area contributed by atoms with Crippen molar-refractivity contribution in [1.82, 2.24) is 14.4 Å². The van der Waals surface area contributed by atoms with Gasteiger partial charge in [0.15, 0.2) is 0 Å². The first kappa shape index (κ1) is 9.89. The Labute approximate surface area is 96.7 Å². The Morgan fingerprint density at radius 1 is 1.53 bits per heavy atom. The number of carboxylic acid groups (broad SMARTS) is 1. The number of nitrogens with one attached hydrogen (secondary N) is 1. The van der Waals surface area contributed by atoms with Crippen LogP contribution in [0.1, 0.15) is 11.3 Å². The number of hydrogen-bond acceptors (Lipinski definition) is 2. The zero-order valence-electron chi connectivity index (χ0n) is 9.27. The summed E-state index contributed by atoms with van der Waals surface area (Å²) in [5, 5.41) is 8.74. The predicted molar refractivity (Wildman–Crippen MR) is 63.1 cm³/mol. The Hall–Kier alpha value is -2.30. The van der Waals surface area contributed by atoms with Crippen molar-refractivity contribution in [2.24, 2.45) is 0 Å². The molecule has 3 aromatic rings. The Morgan fingerprint density at radius 2 is 2.35 bits per heavy atom. The van der Waals surface area contributed by atoms with Crippen molar-refractivity contribution in [3.05, 3.63) is 35.7 Å². The SMILES string of the molecule is Cc1cccc2c1nc1[nH]c(CC(=O)O)cn12. The maximum atomic E-state index is 10.6. The number of hydrogen-bond donors (Lipinski definition) is 2. The lowest BCUT2D eigenvalue weighted by Gasteiger charge is -1.93. The molecule has 0 atom stereocenters. The molecule has 0 radical (unpaired) electrons. The highest BCUT2D eigenvalue weighted by Crippen LogP contribution is 2.19. The van der Waals surface area contributed by atoms with Crippen LogP contribution >= 0.6 is 0 Å². The minimum Gasteiger partial charge on any atom is -0.481 e. The molecule has 5 nitrogen and oxygen atoms in total. The normalized spacial score (nSPS) is 11.4. The molecule has 2 aromatic heterocycles. The van der Waals surface area contributed by atoms with Gasteiger partial charge in [0.1, 0.15) is 0 Å². The van der Waals surface area contributed by atoms with E-state index in [2.05, 4.69) is 9.97 Å². The molecule has 0 spiro atoms. The first-order valence-corrected chi connectivity index (χ1v) is 5.32. The fourth-order valence-corrected chi connectivity index (χ4v) is 2.06. The standard InChI is InChI=1S/C12H11N3O2/c1-7-3-2-4-9-11(7)14-12-13-8(5-10(16)17)6-15(9)12/h2-4,6H,5H2,1H3,(H,13,14)(H,16,17). The molecule has 0 bridgehead atoms. The first-order chi connectivity index (χ1) is 8.15. The third-order valence-electron chi connectivity index (χ3n) is 2.82. The fourth-order valence-electron chi connectivity index (χ4n) is 2.06. The number of para-hydroxylation sites is 1. The van der Waals surface area contributed by atoms with E-state index in [1.807, 2.05) is 29.5 Å². The molecule has 2 heterocycles. The molecule has 0 saturated heterocycles. The largest absolute Gasteiger partial charge is 0.481 e. The summed E-state index contributed by atoms with van der Waals surface area (Å²) < 4.78 is 1.89. The minimum atomic E-state index is -0.852. The molecular formula is C12H11N3O2. The maximum Gasteiger partial charge on any atom is 0.309 e. The van der Waals surface area contributed by atoms with E-state index in [4.69, 9.17) is 5.11 Å². The minimum absolute atomic E-state index is 0.0172. The van der Waals surface area contributed by atoms with E-state index in [-0.39, 0.29) is 6.42 Å². The second kappa shape index (κ2) is 3.35. The van der Waals surface area contributed by atoms with Gasteiger partial charge in [0.25, 0.3) is 0 Å². The highest BCUT2D eigenvalue weighted by atomic mass is 16.4. The molecule has 17 heavy (non-hydrogen) atoms. The van der Waals surface area contributed by atoms with Crippen LogP contribution in [-0.4, -0.2) is 25.4 Å². The smallest absolute Gasteiger partial charge is 0.309 e. The summed E-state index contributed by atoms with van der Waals surface area (Å²) in [5.74, 6) is -0.166. The Morgan fingerprint density at radius 3 is 3.12 bits per heavy atom. The van der Waals surface area contributed by atoms with Gasteiger partial charge < -0.3 is 10.1 Å². The summed E-state index contributed by atoms with van der Waals surface area (Å²) in [5.41, 5.74) is 3.70. The predicted octanol–water partition coefficient (Wildman–Crippen LogP) is 1.75. The molecule has 0 aliphatic rings. The van der Waals surface area contributed by atoms with Crippen LogP contribution in [0.2, 0.25) is 0 Å². The number of aliphatic carboxylic acids is 1. The van der Waals surface area contributed by atoms with Crippen molar-refractivity contribution in [3.63, 3.8) is 0 Å². The Bertz CT molecular complexity index is 724. The molecule has 0 fully saturated rings. The number of aromatic amines is 1. The van der Waals surface area contributed by atoms with Crippen molar-refractivity contribution >= 4 is 22.8 Å². The van der Waals surface area contributed by atoms with E-state index in [1.165, 1.54) is 0 Å². The number of H-pyrrole nitrogens is 1. The van der Waals surface area contributed by atoms with Gasteiger partial charge in [-0.3, -0.25) is 9.20 Å². The highest BCUT2D eigenvalue weighted by molar-refractivity contribution is 5.82. The van der Waals surface area contributed by atoms with Crippen LogP contribution in [0.25, 0.3) is 16.8 Å². The quantitative estimate of drug-likeness (QED) is 0.703. The summed E-state index contributed by atoms with van der Waals surface area (Å²) in [6.07, 6.45) is 1.77. The molecule has 3 rings (SSSR count). The summed E-state index contributed by atoms with van der Waals surface area (Å²) in [7, 11) is 0. The maximum absolute atomic E-state index is 10.6. The third kappa shape index (κ3) is 1.47. The van der Waals surface area contributed by atoms with Crippen molar-refractivity contribution < 1.29 is 9.90 Å². The van der Waals surface area contributed by atoms with Crippen LogP contribution in [0.4, 0.5) is 0 Å². The third-order valence-corrected chi connectivity index (χ3v) is 2.82. The van der Waals surface area contributed by atoms with Gasteiger partial charge in [0, 0.05) is 11.9 Å². The van der Waals surface area contributed by atoms with Crippen LogP contribution in [-0.2, 0) is 11.2 Å². The number of nitrogens with zero attached hydrogens (tertiary/aromatic N) is 2. The zero-order valence-corrected chi connectivity index (χ0v) is 9.27. The number of carbonyl (C=O) groups is 1. The zero-order chi connectivity index (χ0) is 12.0. The lowest BCUT2D eigenvalue weighted by atomic mass is 10.2. The second-order valence-corrected chi connectivity index (χ2v) is 4.10. The fraction of sp³-hybridized carbons (Fsp3) is 0.167. The van der Waals surface area contributed by atoms with Crippen LogP contribution in [0, 0.1) is 6.92 Å². The van der Waals surface area contributed by atoms with Gasteiger partial charge >= 0.3 is 5.97 Å². The van der Waals surface area contributed by atoms with Crippen LogP contribution in [0.5, 0.6) is 0 Å². The monoisotopic (exact) mass is 229 g/mol. The van der Waals surface area contributed by atoms with Crippen LogP contribution < -0.4 is 0 Å². The topological polar surface area (TPSA) is 70.4 Å². The number of benzene rings is 1. The van der Waals surface area contributed by atoms with Gasteiger partial charge in [-0.25, -0.2) is 4.98 Å². The molecule has 5 heteroatoms. The van der Waals surface area contributed by atoms with E-state index in [9.17, 15) is 4.79 Å². The average Bonchev–Trinajstić information content (AvgIpc) is 2.75. The molecule has 0 saturated carbocycles. The Balaban J connectivity index is 2.25. The van der Waals surface area contributed by atoms with E-state index in [0.29, 0.717) is 11.5 Å². The van der Waals surface area contributed by atoms with Crippen molar-refractivity contribution in [1.29, 1.82) is 0 Å². The van der Waals surface area contributed by atoms with Crippen LogP contribution in [0.3, 0.4) is 0 Å². The van der Waals surface area contributed by atoms with Crippen LogP contribution in [0.15, 0.2) is 24.4 Å². The van der Waals surface area contributed by atoms with Gasteiger partial charge in [0.05, 0.1) is 17.5 Å². The molecule has 0 aliphatic heterocycles. The number of aromatic nitrogens is 3. The lowest BCUT2D eigenvalue weighted by molar-refractivity contribution is -0.136. The highest BCUT2D eigenvalue weighted by Gasteiger charge is 2.10. The molecule has 1 aromatic carbocycles. The van der Waals surface area contributed by atoms with E-state index >= 15 is 0 Å². The van der Waals surface area contributed by atoms with Gasteiger partial charge in [-0.05, 0) is 18.6 Å². The molecular weight excluding hydrogens is 218 g/mol. The second-order valence-electron chi connectivity index (χ2n) is 4.10. The average molecular weight is 229 g/mol. The van der Waals surface area contributed by atoms with Gasteiger partial charge in [-0.15, -0.1) is 0 Å². The lowest BCUT2D eigenvalue weighted by Crippen LogP contribution is -1.99. The van der Waals surface area contributed by atoms with E-state index < -0.39 is 5.97 Å². The Kier molecular flexibility index (Phi) is 1.95. The summed E-state index contributed by atoms with van der Waals surface area (Å²) in [6.45, 7) is 2.01. The molecule has 86 valence electrons. The summed E-state index contributed by atoms with van der Waals surface area (Å²) in [6, 6.07) is 5.95.